The Balaban J connectivity index is 2.04. The van der Waals surface area contributed by atoms with Gasteiger partial charge >= 0.3 is 15.2 Å². The molecule has 0 aromatic heterocycles. The Morgan fingerprint density at radius 2 is 1.61 bits per heavy atom. The first-order valence-corrected chi connectivity index (χ1v) is 10.3. The Hall–Kier alpha value is -0.720. The largest absolute Gasteiger partial charge is 0.490 e. The highest BCUT2D eigenvalue weighted by Gasteiger charge is 2.60. The Morgan fingerprint density at radius 1 is 1.04 bits per heavy atom. The van der Waals surface area contributed by atoms with E-state index < -0.39 is 32.6 Å². The monoisotopic (exact) mass is 366 g/mol. The number of hydrogen-bond acceptors (Lipinski definition) is 4. The number of rotatable bonds is 6. The summed E-state index contributed by atoms with van der Waals surface area (Å²) in [7, 11) is -10.8. The first-order chi connectivity index (χ1) is 10.5. The van der Waals surface area contributed by atoms with Gasteiger partial charge in [0.2, 0.25) is 0 Å². The molecule has 23 heavy (non-hydrogen) atoms. The zero-order valence-electron chi connectivity index (χ0n) is 12.2. The molecule has 0 radical (unpaired) electrons. The van der Waals surface area contributed by atoms with Crippen molar-refractivity contribution >= 4 is 15.2 Å². The van der Waals surface area contributed by atoms with E-state index in [2.05, 4.69) is 0 Å². The van der Waals surface area contributed by atoms with Crippen molar-refractivity contribution in [3.63, 3.8) is 0 Å². The number of para-hydroxylation sites is 1. The van der Waals surface area contributed by atoms with E-state index in [1.54, 1.807) is 12.1 Å². The van der Waals surface area contributed by atoms with Gasteiger partial charge in [-0.1, -0.05) is 18.2 Å². The molecule has 0 saturated heterocycles. The average Bonchev–Trinajstić information content (AvgIpc) is 2.84. The number of benzene rings is 1. The lowest BCUT2D eigenvalue weighted by molar-refractivity contribution is 0.104. The number of aliphatic hydroxyl groups is 1. The highest BCUT2D eigenvalue weighted by molar-refractivity contribution is 7.72. The first kappa shape index (κ1) is 18.6. The summed E-state index contributed by atoms with van der Waals surface area (Å²) in [5, 5.41) is 6.61. The third kappa shape index (κ3) is 4.22. The van der Waals surface area contributed by atoms with Crippen molar-refractivity contribution in [1.29, 1.82) is 0 Å². The van der Waals surface area contributed by atoms with Crippen LogP contribution in [0.25, 0.3) is 0 Å². The van der Waals surface area contributed by atoms with Gasteiger partial charge in [-0.05, 0) is 37.3 Å². The summed E-state index contributed by atoms with van der Waals surface area (Å²) in [5.41, 5.74) is 0. The van der Waals surface area contributed by atoms with E-state index in [1.165, 1.54) is 0 Å². The van der Waals surface area contributed by atoms with Crippen molar-refractivity contribution < 1.29 is 38.5 Å². The van der Waals surface area contributed by atoms with Crippen LogP contribution < -0.4 is 4.74 Å². The van der Waals surface area contributed by atoms with Crippen LogP contribution in [-0.2, 0) is 9.13 Å². The predicted molar refractivity (Wildman–Crippen MR) is 81.9 cm³/mol. The Kier molecular flexibility index (Phi) is 5.38. The molecule has 0 bridgehead atoms. The van der Waals surface area contributed by atoms with Crippen LogP contribution in [0, 0.1) is 5.92 Å². The Bertz CT molecular complexity index is 600. The lowest BCUT2D eigenvalue weighted by Gasteiger charge is -2.31. The third-order valence-corrected chi connectivity index (χ3v) is 7.83. The summed E-state index contributed by atoms with van der Waals surface area (Å²) >= 11 is 0. The Labute approximate surface area is 133 Å². The molecule has 10 heteroatoms. The van der Waals surface area contributed by atoms with Gasteiger partial charge < -0.3 is 29.4 Å². The molecule has 8 nitrogen and oxygen atoms in total. The van der Waals surface area contributed by atoms with Crippen molar-refractivity contribution in [3.05, 3.63) is 30.3 Å². The van der Waals surface area contributed by atoms with E-state index in [1.807, 2.05) is 18.2 Å². The minimum absolute atomic E-state index is 0.222. The third-order valence-electron chi connectivity index (χ3n) is 4.03. The van der Waals surface area contributed by atoms with E-state index >= 15 is 0 Å². The van der Waals surface area contributed by atoms with Gasteiger partial charge in [0.25, 0.3) is 5.08 Å². The second kappa shape index (κ2) is 6.65. The van der Waals surface area contributed by atoms with E-state index in [0.717, 1.165) is 0 Å². The summed E-state index contributed by atoms with van der Waals surface area (Å²) in [4.78, 5) is 36.7. The standard InChI is InChI=1S/C13H20O8P2/c14-13(22(15,16)17,23(18,19)20)9-10-6-7-12(8-10)21-11-4-2-1-3-5-11/h1-5,10,12,14H,6-9H2,(H2,15,16,17)(H2,18,19,20)/t10-,12-/m1/s1. The van der Waals surface area contributed by atoms with E-state index in [9.17, 15) is 33.8 Å². The topological polar surface area (TPSA) is 145 Å². The molecule has 2 atom stereocenters. The van der Waals surface area contributed by atoms with Gasteiger partial charge in [0, 0.05) is 6.42 Å². The highest BCUT2D eigenvalue weighted by atomic mass is 31.2. The zero-order valence-corrected chi connectivity index (χ0v) is 14.0. The lowest BCUT2D eigenvalue weighted by atomic mass is 10.0. The molecule has 130 valence electrons. The molecule has 0 amide bonds. The molecule has 0 heterocycles. The van der Waals surface area contributed by atoms with Crippen molar-refractivity contribution in [1.82, 2.24) is 0 Å². The van der Waals surface area contributed by atoms with Gasteiger partial charge in [0.05, 0.1) is 6.10 Å². The predicted octanol–water partition coefficient (Wildman–Crippen LogP) is 1.63. The van der Waals surface area contributed by atoms with Crippen LogP contribution in [0.5, 0.6) is 5.75 Å². The van der Waals surface area contributed by atoms with Crippen LogP contribution in [0.3, 0.4) is 0 Å². The fraction of sp³-hybridized carbons (Fsp3) is 0.538. The second-order valence-corrected chi connectivity index (χ2v) is 9.81. The van der Waals surface area contributed by atoms with Crippen LogP contribution in [0.1, 0.15) is 25.7 Å². The molecule has 2 rings (SSSR count). The quantitative estimate of drug-likeness (QED) is 0.478. The Morgan fingerprint density at radius 3 is 2.13 bits per heavy atom. The minimum atomic E-state index is -5.40. The maximum atomic E-state index is 11.4. The molecule has 0 unspecified atom stereocenters. The summed E-state index contributed by atoms with van der Waals surface area (Å²) in [6.07, 6.45) is 0.505. The normalized spacial score (nSPS) is 23.0. The smallest absolute Gasteiger partial charge is 0.369 e. The maximum Gasteiger partial charge on any atom is 0.369 e. The zero-order chi connectivity index (χ0) is 17.3. The molecule has 0 spiro atoms. The van der Waals surface area contributed by atoms with Gasteiger partial charge in [-0.2, -0.15) is 0 Å². The molecule has 1 aromatic rings. The van der Waals surface area contributed by atoms with Crippen molar-refractivity contribution in [2.45, 2.75) is 36.9 Å². The molecule has 1 fully saturated rings. The molecule has 1 aromatic carbocycles. The van der Waals surface area contributed by atoms with Crippen molar-refractivity contribution in [2.75, 3.05) is 0 Å². The SMILES string of the molecule is O=P(O)(O)C(O)(C[C@@H]1CC[C@@H](Oc2ccccc2)C1)P(=O)(O)O. The van der Waals surface area contributed by atoms with Gasteiger partial charge in [-0.25, -0.2) is 0 Å². The summed E-state index contributed by atoms with van der Waals surface area (Å²) in [6, 6.07) is 9.00. The molecular formula is C13H20O8P2. The molecule has 5 N–H and O–H groups in total. The van der Waals surface area contributed by atoms with Crippen LogP contribution in [0.15, 0.2) is 30.3 Å². The van der Waals surface area contributed by atoms with Crippen molar-refractivity contribution in [2.24, 2.45) is 5.92 Å². The molecule has 1 saturated carbocycles. The van der Waals surface area contributed by atoms with Crippen LogP contribution in [0.4, 0.5) is 0 Å². The lowest BCUT2D eigenvalue weighted by Crippen LogP contribution is -2.31. The average molecular weight is 366 g/mol. The highest BCUT2D eigenvalue weighted by Crippen LogP contribution is 2.70. The fourth-order valence-electron chi connectivity index (χ4n) is 2.81. The van der Waals surface area contributed by atoms with E-state index in [0.29, 0.717) is 25.0 Å². The number of hydrogen-bond donors (Lipinski definition) is 5. The van der Waals surface area contributed by atoms with Gasteiger partial charge in [-0.15, -0.1) is 0 Å². The van der Waals surface area contributed by atoms with Crippen LogP contribution in [0.2, 0.25) is 0 Å². The fourth-order valence-corrected chi connectivity index (χ4v) is 5.16. The van der Waals surface area contributed by atoms with Crippen molar-refractivity contribution in [3.8, 4) is 5.75 Å². The van der Waals surface area contributed by atoms with E-state index in [-0.39, 0.29) is 6.10 Å². The molecule has 0 aliphatic heterocycles. The minimum Gasteiger partial charge on any atom is -0.490 e. The second-order valence-electron chi connectivity index (χ2n) is 5.80. The van der Waals surface area contributed by atoms with Crippen LogP contribution in [-0.4, -0.2) is 35.9 Å². The molecular weight excluding hydrogens is 346 g/mol. The van der Waals surface area contributed by atoms with E-state index in [4.69, 9.17) is 4.74 Å². The van der Waals surface area contributed by atoms with Gasteiger partial charge in [0.15, 0.2) is 0 Å². The maximum absolute atomic E-state index is 11.4. The first-order valence-electron chi connectivity index (χ1n) is 7.08. The summed E-state index contributed by atoms with van der Waals surface area (Å²) in [6.45, 7) is 0. The van der Waals surface area contributed by atoms with Gasteiger partial charge in [0.1, 0.15) is 5.75 Å². The van der Waals surface area contributed by atoms with Crippen LogP contribution >= 0.6 is 15.2 Å². The summed E-state index contributed by atoms with van der Waals surface area (Å²) in [5.74, 6) is 0.201. The summed E-state index contributed by atoms with van der Waals surface area (Å²) < 4.78 is 28.5. The number of ether oxygens (including phenoxy) is 1. The van der Waals surface area contributed by atoms with Gasteiger partial charge in [-0.3, -0.25) is 9.13 Å². The molecule has 1 aliphatic rings. The molecule has 1 aliphatic carbocycles.